The topological polar surface area (TPSA) is 47.4 Å². The van der Waals surface area contributed by atoms with Gasteiger partial charge in [-0.1, -0.05) is 0 Å². The van der Waals surface area contributed by atoms with E-state index in [1.54, 1.807) is 10.8 Å². The fourth-order valence-electron chi connectivity index (χ4n) is 1.80. The van der Waals surface area contributed by atoms with Crippen molar-refractivity contribution in [3.8, 4) is 0 Å². The van der Waals surface area contributed by atoms with Crippen molar-refractivity contribution in [2.24, 2.45) is 0 Å². The van der Waals surface area contributed by atoms with Crippen molar-refractivity contribution in [1.29, 1.82) is 0 Å². The molecule has 0 radical (unpaired) electrons. The van der Waals surface area contributed by atoms with Crippen molar-refractivity contribution < 1.29 is 4.74 Å². The highest BCUT2D eigenvalue weighted by Gasteiger charge is 2.10. The van der Waals surface area contributed by atoms with E-state index in [1.807, 2.05) is 13.1 Å². The molecule has 0 amide bonds. The lowest BCUT2D eigenvalue weighted by Crippen LogP contribution is -2.39. The standard InChI is InChI=1S/C11H17N3O2/c1-10-8-12-11(15)14(9-10)3-2-13-4-6-16-7-5-13/h8-9H,2-7H2,1H3. The summed E-state index contributed by atoms with van der Waals surface area (Å²) in [5.41, 5.74) is 0.848. The molecule has 0 aliphatic carbocycles. The van der Waals surface area contributed by atoms with E-state index in [0.717, 1.165) is 38.4 Å². The van der Waals surface area contributed by atoms with E-state index in [1.165, 1.54) is 0 Å². The van der Waals surface area contributed by atoms with E-state index in [4.69, 9.17) is 4.74 Å². The van der Waals surface area contributed by atoms with Gasteiger partial charge in [-0.25, -0.2) is 9.78 Å². The molecule has 0 unspecified atom stereocenters. The number of aryl methyl sites for hydroxylation is 1. The maximum atomic E-state index is 11.5. The van der Waals surface area contributed by atoms with Gasteiger partial charge in [0.15, 0.2) is 0 Å². The molecule has 0 N–H and O–H groups in total. The van der Waals surface area contributed by atoms with Crippen molar-refractivity contribution in [1.82, 2.24) is 14.5 Å². The Bertz CT molecular complexity index is 396. The lowest BCUT2D eigenvalue weighted by Gasteiger charge is -2.26. The lowest BCUT2D eigenvalue weighted by molar-refractivity contribution is 0.0362. The Labute approximate surface area is 94.7 Å². The predicted octanol–water partition coefficient (Wildman–Crippen LogP) is -0.116. The molecule has 2 heterocycles. The Hall–Kier alpha value is -1.20. The van der Waals surface area contributed by atoms with Crippen molar-refractivity contribution in [2.75, 3.05) is 32.8 Å². The van der Waals surface area contributed by atoms with E-state index in [2.05, 4.69) is 9.88 Å². The summed E-state index contributed by atoms with van der Waals surface area (Å²) in [6.07, 6.45) is 3.46. The van der Waals surface area contributed by atoms with E-state index < -0.39 is 0 Å². The van der Waals surface area contributed by atoms with E-state index >= 15 is 0 Å². The molecule has 2 rings (SSSR count). The summed E-state index contributed by atoms with van der Waals surface area (Å²) in [4.78, 5) is 17.6. The first-order chi connectivity index (χ1) is 7.75. The maximum Gasteiger partial charge on any atom is 0.347 e. The summed E-state index contributed by atoms with van der Waals surface area (Å²) in [7, 11) is 0. The van der Waals surface area contributed by atoms with Crippen LogP contribution in [0.15, 0.2) is 17.2 Å². The second-order valence-electron chi connectivity index (χ2n) is 4.06. The number of morpholine rings is 1. The SMILES string of the molecule is Cc1cnc(=O)n(CCN2CCOCC2)c1. The van der Waals surface area contributed by atoms with Gasteiger partial charge in [-0.15, -0.1) is 0 Å². The molecule has 0 saturated carbocycles. The van der Waals surface area contributed by atoms with Crippen LogP contribution >= 0.6 is 0 Å². The quantitative estimate of drug-likeness (QED) is 0.717. The molecule has 1 aliphatic heterocycles. The molecule has 0 atom stereocenters. The summed E-state index contributed by atoms with van der Waals surface area (Å²) in [5.74, 6) is 0. The van der Waals surface area contributed by atoms with E-state index in [0.29, 0.717) is 6.54 Å². The third-order valence-corrected chi connectivity index (χ3v) is 2.74. The Kier molecular flexibility index (Phi) is 3.69. The largest absolute Gasteiger partial charge is 0.379 e. The van der Waals surface area contributed by atoms with Crippen molar-refractivity contribution in [3.05, 3.63) is 28.4 Å². The maximum absolute atomic E-state index is 11.5. The zero-order valence-electron chi connectivity index (χ0n) is 9.56. The van der Waals surface area contributed by atoms with Crippen molar-refractivity contribution in [2.45, 2.75) is 13.5 Å². The second-order valence-corrected chi connectivity index (χ2v) is 4.06. The average Bonchev–Trinajstić information content (AvgIpc) is 2.32. The number of nitrogens with zero attached hydrogens (tertiary/aromatic N) is 3. The van der Waals surface area contributed by atoms with E-state index in [-0.39, 0.29) is 5.69 Å². The molecule has 16 heavy (non-hydrogen) atoms. The molecule has 0 bridgehead atoms. The van der Waals surface area contributed by atoms with Gasteiger partial charge in [-0.2, -0.15) is 0 Å². The van der Waals surface area contributed by atoms with Crippen LogP contribution in [0.5, 0.6) is 0 Å². The molecular weight excluding hydrogens is 206 g/mol. The number of aromatic nitrogens is 2. The predicted molar refractivity (Wildman–Crippen MR) is 60.5 cm³/mol. The Morgan fingerprint density at radius 1 is 1.38 bits per heavy atom. The molecule has 5 heteroatoms. The smallest absolute Gasteiger partial charge is 0.347 e. The minimum Gasteiger partial charge on any atom is -0.379 e. The molecular formula is C11H17N3O2. The molecule has 1 aliphatic rings. The molecule has 1 aromatic rings. The van der Waals surface area contributed by atoms with Crippen LogP contribution in [0.1, 0.15) is 5.56 Å². The second kappa shape index (κ2) is 5.23. The number of rotatable bonds is 3. The van der Waals surface area contributed by atoms with Crippen LogP contribution in [-0.4, -0.2) is 47.3 Å². The molecule has 0 spiro atoms. The highest BCUT2D eigenvalue weighted by atomic mass is 16.5. The first-order valence-corrected chi connectivity index (χ1v) is 5.59. The van der Waals surface area contributed by atoms with Gasteiger partial charge in [-0.05, 0) is 12.5 Å². The first kappa shape index (κ1) is 11.3. The summed E-state index contributed by atoms with van der Waals surface area (Å²) in [5, 5.41) is 0. The first-order valence-electron chi connectivity index (χ1n) is 5.59. The van der Waals surface area contributed by atoms with Crippen molar-refractivity contribution in [3.63, 3.8) is 0 Å². The van der Waals surface area contributed by atoms with Gasteiger partial charge in [0.1, 0.15) is 0 Å². The summed E-state index contributed by atoms with van der Waals surface area (Å²) >= 11 is 0. The summed E-state index contributed by atoms with van der Waals surface area (Å²) in [6, 6.07) is 0. The van der Waals surface area contributed by atoms with Crippen LogP contribution in [0.3, 0.4) is 0 Å². The summed E-state index contributed by atoms with van der Waals surface area (Å²) in [6.45, 7) is 7.02. The van der Waals surface area contributed by atoms with Crippen LogP contribution in [0.4, 0.5) is 0 Å². The Balaban J connectivity index is 1.93. The number of hydrogen-bond donors (Lipinski definition) is 0. The van der Waals surface area contributed by atoms with Gasteiger partial charge >= 0.3 is 5.69 Å². The molecule has 5 nitrogen and oxygen atoms in total. The number of hydrogen-bond acceptors (Lipinski definition) is 4. The summed E-state index contributed by atoms with van der Waals surface area (Å²) < 4.78 is 6.94. The zero-order chi connectivity index (χ0) is 11.4. The van der Waals surface area contributed by atoms with Crippen LogP contribution in [0, 0.1) is 6.92 Å². The minimum absolute atomic E-state index is 0.168. The molecule has 88 valence electrons. The van der Waals surface area contributed by atoms with Crippen LogP contribution in [-0.2, 0) is 11.3 Å². The third-order valence-electron chi connectivity index (χ3n) is 2.74. The van der Waals surface area contributed by atoms with E-state index in [9.17, 15) is 4.79 Å². The van der Waals surface area contributed by atoms with Gasteiger partial charge in [0.25, 0.3) is 0 Å². The van der Waals surface area contributed by atoms with Gasteiger partial charge in [0, 0.05) is 38.6 Å². The van der Waals surface area contributed by atoms with Gasteiger partial charge < -0.3 is 4.74 Å². The van der Waals surface area contributed by atoms with Gasteiger partial charge in [0.05, 0.1) is 13.2 Å². The Morgan fingerprint density at radius 2 is 2.12 bits per heavy atom. The van der Waals surface area contributed by atoms with Crippen molar-refractivity contribution >= 4 is 0 Å². The molecule has 1 aromatic heterocycles. The zero-order valence-corrected chi connectivity index (χ0v) is 9.56. The monoisotopic (exact) mass is 223 g/mol. The highest BCUT2D eigenvalue weighted by molar-refractivity contribution is 4.99. The third kappa shape index (κ3) is 2.90. The molecule has 1 fully saturated rings. The highest BCUT2D eigenvalue weighted by Crippen LogP contribution is 1.97. The van der Waals surface area contributed by atoms with Crippen LogP contribution in [0.25, 0.3) is 0 Å². The van der Waals surface area contributed by atoms with Gasteiger partial charge in [-0.3, -0.25) is 9.47 Å². The number of ether oxygens (including phenoxy) is 1. The fraction of sp³-hybridized carbons (Fsp3) is 0.636. The van der Waals surface area contributed by atoms with Crippen LogP contribution in [0.2, 0.25) is 0 Å². The lowest BCUT2D eigenvalue weighted by atomic mass is 10.4. The van der Waals surface area contributed by atoms with Gasteiger partial charge in [0.2, 0.25) is 0 Å². The minimum atomic E-state index is -0.168. The fourth-order valence-corrected chi connectivity index (χ4v) is 1.80. The van der Waals surface area contributed by atoms with Crippen LogP contribution < -0.4 is 5.69 Å². The molecule has 0 aromatic carbocycles. The normalized spacial score (nSPS) is 17.6. The molecule has 1 saturated heterocycles. The average molecular weight is 223 g/mol. The Morgan fingerprint density at radius 3 is 2.88 bits per heavy atom.